The van der Waals surface area contributed by atoms with Gasteiger partial charge in [-0.1, -0.05) is 35.9 Å². The molecule has 0 bridgehead atoms. The van der Waals surface area contributed by atoms with Crippen LogP contribution in [0.1, 0.15) is 16.0 Å². The molecular weight excluding hydrogens is 354 g/mol. The first-order valence-corrected chi connectivity index (χ1v) is 9.95. The normalized spacial score (nSPS) is 10.8. The Morgan fingerprint density at radius 2 is 2.04 bits per heavy atom. The van der Waals surface area contributed by atoms with Crippen molar-refractivity contribution in [3.05, 3.63) is 63.9 Å². The first-order chi connectivity index (χ1) is 12.1. The van der Waals surface area contributed by atoms with Crippen LogP contribution in [0, 0.1) is 6.92 Å². The molecule has 0 aliphatic carbocycles. The molecule has 4 nitrogen and oxygen atoms in total. The smallest absolute Gasteiger partial charge is 0.331 e. The minimum Gasteiger partial charge on any atom is -0.452 e. The van der Waals surface area contributed by atoms with Crippen molar-refractivity contribution in [3.8, 4) is 0 Å². The van der Waals surface area contributed by atoms with E-state index in [1.807, 2.05) is 37.3 Å². The van der Waals surface area contributed by atoms with E-state index in [0.717, 1.165) is 22.6 Å². The Bertz CT molecular complexity index is 694. The van der Waals surface area contributed by atoms with Crippen LogP contribution in [0.25, 0.3) is 6.08 Å². The molecule has 1 amide bonds. The number of carbonyl (C=O) groups excluding carboxylic acids is 2. The van der Waals surface area contributed by atoms with Gasteiger partial charge >= 0.3 is 5.97 Å². The number of hydrogen-bond donors (Lipinski definition) is 1. The highest BCUT2D eigenvalue weighted by Crippen LogP contribution is 2.16. The van der Waals surface area contributed by atoms with Crippen molar-refractivity contribution in [1.82, 2.24) is 5.32 Å². The zero-order valence-corrected chi connectivity index (χ0v) is 15.7. The number of rotatable bonds is 9. The van der Waals surface area contributed by atoms with Crippen LogP contribution in [0.4, 0.5) is 0 Å². The topological polar surface area (TPSA) is 55.4 Å². The van der Waals surface area contributed by atoms with Gasteiger partial charge in [-0.2, -0.15) is 11.8 Å². The minimum atomic E-state index is -0.525. The van der Waals surface area contributed by atoms with E-state index >= 15 is 0 Å². The quantitative estimate of drug-likeness (QED) is 0.413. The highest BCUT2D eigenvalue weighted by Gasteiger charge is 2.04. The van der Waals surface area contributed by atoms with Crippen LogP contribution >= 0.6 is 23.1 Å². The average Bonchev–Trinajstić information content (AvgIpc) is 3.12. The van der Waals surface area contributed by atoms with Gasteiger partial charge in [0.15, 0.2) is 6.61 Å². The third kappa shape index (κ3) is 8.05. The van der Waals surface area contributed by atoms with Crippen molar-refractivity contribution in [2.75, 3.05) is 18.9 Å². The van der Waals surface area contributed by atoms with E-state index in [9.17, 15) is 9.59 Å². The molecule has 2 rings (SSSR count). The van der Waals surface area contributed by atoms with Gasteiger partial charge in [-0.3, -0.25) is 4.79 Å². The van der Waals surface area contributed by atoms with E-state index in [2.05, 4.69) is 16.8 Å². The number of hydrogen-bond acceptors (Lipinski definition) is 5. The molecule has 0 fully saturated rings. The Labute approximate surface area is 156 Å². The van der Waals surface area contributed by atoms with Crippen LogP contribution in [0.5, 0.6) is 0 Å². The summed E-state index contributed by atoms with van der Waals surface area (Å²) < 4.78 is 4.92. The van der Waals surface area contributed by atoms with E-state index in [-0.39, 0.29) is 12.5 Å². The Balaban J connectivity index is 1.56. The van der Waals surface area contributed by atoms with E-state index in [4.69, 9.17) is 4.74 Å². The van der Waals surface area contributed by atoms with Crippen molar-refractivity contribution in [2.45, 2.75) is 12.7 Å². The van der Waals surface area contributed by atoms with Gasteiger partial charge in [0.25, 0.3) is 5.91 Å². The summed E-state index contributed by atoms with van der Waals surface area (Å²) >= 11 is 3.49. The standard InChI is InChI=1S/C19H21NO3S2/c1-15-4-6-16(7-5-15)8-9-19(22)23-13-18(21)20-10-12-24-14-17-3-2-11-25-17/h2-9,11H,10,12-14H2,1H3,(H,20,21)/b9-8+. The van der Waals surface area contributed by atoms with E-state index in [0.29, 0.717) is 6.54 Å². The molecular formula is C19H21NO3S2. The lowest BCUT2D eigenvalue weighted by Gasteiger charge is -2.05. The number of thiophene rings is 1. The molecule has 1 heterocycles. The number of esters is 1. The van der Waals surface area contributed by atoms with Gasteiger partial charge in [-0.05, 0) is 30.0 Å². The maximum absolute atomic E-state index is 11.6. The van der Waals surface area contributed by atoms with Gasteiger partial charge in [0, 0.05) is 29.0 Å². The summed E-state index contributed by atoms with van der Waals surface area (Å²) in [5, 5.41) is 4.80. The molecule has 6 heteroatoms. The number of nitrogens with one attached hydrogen (secondary N) is 1. The fourth-order valence-electron chi connectivity index (χ4n) is 1.91. The number of benzene rings is 1. The maximum atomic E-state index is 11.6. The van der Waals surface area contributed by atoms with Crippen LogP contribution in [0.2, 0.25) is 0 Å². The molecule has 0 aliphatic heterocycles. The monoisotopic (exact) mass is 375 g/mol. The zero-order valence-electron chi connectivity index (χ0n) is 14.1. The molecule has 0 saturated carbocycles. The summed E-state index contributed by atoms with van der Waals surface area (Å²) in [6.45, 7) is 2.30. The summed E-state index contributed by atoms with van der Waals surface area (Å²) in [5.74, 6) is 0.966. The van der Waals surface area contributed by atoms with Crippen molar-refractivity contribution in [2.24, 2.45) is 0 Å². The lowest BCUT2D eigenvalue weighted by molar-refractivity contribution is -0.143. The van der Waals surface area contributed by atoms with Crippen LogP contribution in [0.15, 0.2) is 47.9 Å². The van der Waals surface area contributed by atoms with Gasteiger partial charge in [-0.25, -0.2) is 4.79 Å². The fraction of sp³-hybridized carbons (Fsp3) is 0.263. The molecule has 1 aromatic carbocycles. The Kier molecular flexibility index (Phi) is 8.28. The van der Waals surface area contributed by atoms with Crippen molar-refractivity contribution in [1.29, 1.82) is 0 Å². The highest BCUT2D eigenvalue weighted by atomic mass is 32.2. The second-order valence-electron chi connectivity index (χ2n) is 5.33. The lowest BCUT2D eigenvalue weighted by atomic mass is 10.1. The molecule has 0 aliphatic rings. The van der Waals surface area contributed by atoms with E-state index in [1.54, 1.807) is 29.2 Å². The number of aryl methyl sites for hydroxylation is 1. The summed E-state index contributed by atoms with van der Waals surface area (Å²) in [6, 6.07) is 11.9. The summed E-state index contributed by atoms with van der Waals surface area (Å²) in [5.41, 5.74) is 2.07. The van der Waals surface area contributed by atoms with E-state index < -0.39 is 5.97 Å². The molecule has 1 aromatic heterocycles. The van der Waals surface area contributed by atoms with Crippen molar-refractivity contribution >= 4 is 41.1 Å². The molecule has 0 saturated heterocycles. The highest BCUT2D eigenvalue weighted by molar-refractivity contribution is 7.98. The molecule has 2 aromatic rings. The predicted octanol–water partition coefficient (Wildman–Crippen LogP) is 3.66. The minimum absolute atomic E-state index is 0.257. The predicted molar refractivity (Wildman–Crippen MR) is 105 cm³/mol. The summed E-state index contributed by atoms with van der Waals surface area (Å²) in [4.78, 5) is 24.6. The van der Waals surface area contributed by atoms with Crippen LogP contribution in [-0.4, -0.2) is 30.8 Å². The number of thioether (sulfide) groups is 1. The number of ether oxygens (including phenoxy) is 1. The first kappa shape index (κ1) is 19.3. The summed E-state index contributed by atoms with van der Waals surface area (Å²) in [7, 11) is 0. The third-order valence-corrected chi connectivity index (χ3v) is 5.29. The van der Waals surface area contributed by atoms with Crippen LogP contribution in [-0.2, 0) is 20.1 Å². The van der Waals surface area contributed by atoms with Crippen molar-refractivity contribution in [3.63, 3.8) is 0 Å². The summed E-state index contributed by atoms with van der Waals surface area (Å²) in [6.07, 6.45) is 3.00. The fourth-order valence-corrected chi connectivity index (χ4v) is 3.61. The molecule has 1 N–H and O–H groups in total. The Morgan fingerprint density at radius 3 is 2.76 bits per heavy atom. The largest absolute Gasteiger partial charge is 0.452 e. The van der Waals surface area contributed by atoms with Crippen LogP contribution in [0.3, 0.4) is 0 Å². The molecule has 0 atom stereocenters. The average molecular weight is 376 g/mol. The molecule has 0 unspecified atom stereocenters. The zero-order chi connectivity index (χ0) is 17.9. The van der Waals surface area contributed by atoms with Gasteiger partial charge in [0.1, 0.15) is 0 Å². The van der Waals surface area contributed by atoms with Gasteiger partial charge < -0.3 is 10.1 Å². The van der Waals surface area contributed by atoms with Gasteiger partial charge in [0.05, 0.1) is 0 Å². The molecule has 0 spiro atoms. The molecule has 0 radical (unpaired) electrons. The maximum Gasteiger partial charge on any atom is 0.331 e. The Morgan fingerprint density at radius 1 is 1.24 bits per heavy atom. The molecule has 25 heavy (non-hydrogen) atoms. The first-order valence-electron chi connectivity index (χ1n) is 7.92. The second kappa shape index (κ2) is 10.7. The SMILES string of the molecule is Cc1ccc(/C=C/C(=O)OCC(=O)NCCSCc2cccs2)cc1. The lowest BCUT2D eigenvalue weighted by Crippen LogP contribution is -2.30. The molecule has 132 valence electrons. The van der Waals surface area contributed by atoms with E-state index in [1.165, 1.54) is 11.0 Å². The number of carbonyl (C=O) groups is 2. The van der Waals surface area contributed by atoms with Gasteiger partial charge in [-0.15, -0.1) is 11.3 Å². The number of amides is 1. The van der Waals surface area contributed by atoms with Crippen LogP contribution < -0.4 is 5.32 Å². The van der Waals surface area contributed by atoms with Gasteiger partial charge in [0.2, 0.25) is 0 Å². The third-order valence-electron chi connectivity index (χ3n) is 3.23. The Hall–Kier alpha value is -2.05. The van der Waals surface area contributed by atoms with Crippen molar-refractivity contribution < 1.29 is 14.3 Å². The second-order valence-corrected chi connectivity index (χ2v) is 7.47.